The average molecular weight is 211 g/mol. The van der Waals surface area contributed by atoms with Crippen LogP contribution in [0.15, 0.2) is 11.6 Å². The smallest absolute Gasteiger partial charge is 0.182 e. The minimum absolute atomic E-state index is 0.228. The standard InChI is InChI=1S/C9H13N3OS/c10-6-5-1-3-13-8(5)7(6)12-9-11-2-4-14-9/h2,4-8H,1,3,10H2,(H,11,12). The third-order valence-corrected chi connectivity index (χ3v) is 3.87. The molecule has 4 unspecified atom stereocenters. The van der Waals surface area contributed by atoms with Gasteiger partial charge in [0.15, 0.2) is 5.13 Å². The van der Waals surface area contributed by atoms with Gasteiger partial charge in [0.1, 0.15) is 0 Å². The maximum Gasteiger partial charge on any atom is 0.182 e. The molecular weight excluding hydrogens is 198 g/mol. The minimum atomic E-state index is 0.228. The summed E-state index contributed by atoms with van der Waals surface area (Å²) in [6.45, 7) is 0.860. The molecule has 14 heavy (non-hydrogen) atoms. The van der Waals surface area contributed by atoms with Gasteiger partial charge in [0.05, 0.1) is 12.1 Å². The normalized spacial score (nSPS) is 40.4. The second kappa shape index (κ2) is 3.18. The Labute approximate surface area is 86.5 Å². The zero-order valence-corrected chi connectivity index (χ0v) is 8.54. The summed E-state index contributed by atoms with van der Waals surface area (Å²) in [5.74, 6) is 0.562. The van der Waals surface area contributed by atoms with Gasteiger partial charge in [0.2, 0.25) is 0 Å². The molecule has 3 N–H and O–H groups in total. The first-order chi connectivity index (χ1) is 6.86. The lowest BCUT2D eigenvalue weighted by Gasteiger charge is -2.45. The number of ether oxygens (including phenoxy) is 1. The molecular formula is C9H13N3OS. The van der Waals surface area contributed by atoms with E-state index in [1.54, 1.807) is 17.5 Å². The van der Waals surface area contributed by atoms with Crippen LogP contribution in [0.2, 0.25) is 0 Å². The van der Waals surface area contributed by atoms with E-state index >= 15 is 0 Å². The van der Waals surface area contributed by atoms with Gasteiger partial charge in [-0.1, -0.05) is 0 Å². The van der Waals surface area contributed by atoms with E-state index in [2.05, 4.69) is 10.3 Å². The van der Waals surface area contributed by atoms with Crippen molar-refractivity contribution in [3.05, 3.63) is 11.6 Å². The average Bonchev–Trinajstić information content (AvgIpc) is 2.83. The van der Waals surface area contributed by atoms with Crippen LogP contribution in [0, 0.1) is 5.92 Å². The number of nitrogens with zero attached hydrogens (tertiary/aromatic N) is 1. The van der Waals surface area contributed by atoms with Crippen LogP contribution in [0.3, 0.4) is 0 Å². The topological polar surface area (TPSA) is 60.2 Å². The third-order valence-electron chi connectivity index (χ3n) is 3.17. The van der Waals surface area contributed by atoms with Gasteiger partial charge in [0, 0.05) is 30.1 Å². The van der Waals surface area contributed by atoms with Crippen LogP contribution >= 0.6 is 11.3 Å². The van der Waals surface area contributed by atoms with Gasteiger partial charge in [-0.05, 0) is 6.42 Å². The lowest BCUT2D eigenvalue weighted by molar-refractivity contribution is 0.00537. The quantitative estimate of drug-likeness (QED) is 0.755. The van der Waals surface area contributed by atoms with E-state index < -0.39 is 0 Å². The van der Waals surface area contributed by atoms with Crippen molar-refractivity contribution < 1.29 is 4.74 Å². The molecule has 4 nitrogen and oxygen atoms in total. The summed E-state index contributed by atoms with van der Waals surface area (Å²) in [6.07, 6.45) is 3.22. The van der Waals surface area contributed by atoms with Crippen LogP contribution in [-0.2, 0) is 4.74 Å². The first kappa shape index (κ1) is 8.64. The molecule has 5 heteroatoms. The monoisotopic (exact) mass is 211 g/mol. The molecule has 1 aromatic heterocycles. The third kappa shape index (κ3) is 1.16. The number of rotatable bonds is 2. The Balaban J connectivity index is 1.69. The van der Waals surface area contributed by atoms with Crippen molar-refractivity contribution in [1.29, 1.82) is 0 Å². The van der Waals surface area contributed by atoms with E-state index in [0.29, 0.717) is 12.0 Å². The Morgan fingerprint density at radius 2 is 2.57 bits per heavy atom. The highest BCUT2D eigenvalue weighted by atomic mass is 32.1. The molecule has 2 fully saturated rings. The van der Waals surface area contributed by atoms with Crippen LogP contribution < -0.4 is 11.1 Å². The molecule has 1 aromatic rings. The molecule has 1 saturated carbocycles. The zero-order chi connectivity index (χ0) is 9.54. The SMILES string of the molecule is NC1C2CCOC2C1Nc1nccs1. The maximum absolute atomic E-state index is 6.06. The fourth-order valence-electron chi connectivity index (χ4n) is 2.37. The first-order valence-corrected chi connectivity index (χ1v) is 5.77. The molecule has 0 radical (unpaired) electrons. The summed E-state index contributed by atoms with van der Waals surface area (Å²) in [4.78, 5) is 4.18. The Bertz CT molecular complexity index is 316. The molecule has 1 aliphatic carbocycles. The van der Waals surface area contributed by atoms with Gasteiger partial charge in [-0.2, -0.15) is 0 Å². The molecule has 0 aromatic carbocycles. The number of hydrogen-bond donors (Lipinski definition) is 2. The molecule has 2 aliphatic rings. The Morgan fingerprint density at radius 1 is 1.64 bits per heavy atom. The minimum Gasteiger partial charge on any atom is -0.376 e. The Kier molecular flexibility index (Phi) is 1.97. The second-order valence-electron chi connectivity index (χ2n) is 3.87. The van der Waals surface area contributed by atoms with Crippen molar-refractivity contribution in [1.82, 2.24) is 4.98 Å². The second-order valence-corrected chi connectivity index (χ2v) is 4.77. The predicted octanol–water partition coefficient (Wildman–Crippen LogP) is 0.670. The summed E-state index contributed by atoms with van der Waals surface area (Å²) in [7, 11) is 0. The molecule has 3 rings (SSSR count). The van der Waals surface area contributed by atoms with Gasteiger partial charge in [0.25, 0.3) is 0 Å². The van der Waals surface area contributed by atoms with Crippen molar-refractivity contribution in [2.24, 2.45) is 11.7 Å². The molecule has 4 atom stereocenters. The van der Waals surface area contributed by atoms with Crippen LogP contribution in [-0.4, -0.2) is 29.8 Å². The fraction of sp³-hybridized carbons (Fsp3) is 0.667. The summed E-state index contributed by atoms with van der Waals surface area (Å²) in [5.41, 5.74) is 6.06. The molecule has 2 heterocycles. The predicted molar refractivity (Wildman–Crippen MR) is 55.3 cm³/mol. The zero-order valence-electron chi connectivity index (χ0n) is 7.72. The highest BCUT2D eigenvalue weighted by Gasteiger charge is 2.52. The molecule has 1 saturated heterocycles. The van der Waals surface area contributed by atoms with Crippen molar-refractivity contribution in [2.75, 3.05) is 11.9 Å². The summed E-state index contributed by atoms with van der Waals surface area (Å²) >= 11 is 1.60. The highest BCUT2D eigenvalue weighted by molar-refractivity contribution is 7.13. The van der Waals surface area contributed by atoms with Gasteiger partial charge in [-0.25, -0.2) is 4.98 Å². The molecule has 0 spiro atoms. The lowest BCUT2D eigenvalue weighted by Crippen LogP contribution is -2.65. The lowest BCUT2D eigenvalue weighted by atomic mass is 9.72. The van der Waals surface area contributed by atoms with Crippen molar-refractivity contribution in [3.63, 3.8) is 0 Å². The van der Waals surface area contributed by atoms with E-state index in [4.69, 9.17) is 10.5 Å². The van der Waals surface area contributed by atoms with Gasteiger partial charge < -0.3 is 15.8 Å². The number of nitrogens with two attached hydrogens (primary N) is 1. The molecule has 1 aliphatic heterocycles. The van der Waals surface area contributed by atoms with Crippen LogP contribution in [0.25, 0.3) is 0 Å². The number of thiazole rings is 1. The number of fused-ring (bicyclic) bond motifs is 1. The van der Waals surface area contributed by atoms with Crippen molar-refractivity contribution in [2.45, 2.75) is 24.6 Å². The Morgan fingerprint density at radius 3 is 3.36 bits per heavy atom. The largest absolute Gasteiger partial charge is 0.376 e. The first-order valence-electron chi connectivity index (χ1n) is 4.89. The van der Waals surface area contributed by atoms with Gasteiger partial charge >= 0.3 is 0 Å². The van der Waals surface area contributed by atoms with Crippen LogP contribution in [0.5, 0.6) is 0 Å². The van der Waals surface area contributed by atoms with E-state index in [0.717, 1.165) is 18.2 Å². The van der Waals surface area contributed by atoms with Gasteiger partial charge in [-0.15, -0.1) is 11.3 Å². The number of aromatic nitrogens is 1. The van der Waals surface area contributed by atoms with E-state index in [1.807, 2.05) is 5.38 Å². The summed E-state index contributed by atoms with van der Waals surface area (Å²) in [5, 5.41) is 6.24. The van der Waals surface area contributed by atoms with E-state index in [9.17, 15) is 0 Å². The van der Waals surface area contributed by atoms with Gasteiger partial charge in [-0.3, -0.25) is 0 Å². The maximum atomic E-state index is 6.06. The molecule has 0 bridgehead atoms. The molecule has 76 valence electrons. The van der Waals surface area contributed by atoms with Crippen molar-refractivity contribution in [3.8, 4) is 0 Å². The van der Waals surface area contributed by atoms with Crippen molar-refractivity contribution >= 4 is 16.5 Å². The summed E-state index contributed by atoms with van der Waals surface area (Å²) in [6, 6.07) is 0.486. The number of anilines is 1. The fourth-order valence-corrected chi connectivity index (χ4v) is 2.94. The van der Waals surface area contributed by atoms with Crippen LogP contribution in [0.4, 0.5) is 5.13 Å². The number of nitrogens with one attached hydrogen (secondary N) is 1. The summed E-state index contributed by atoms with van der Waals surface area (Å²) < 4.78 is 5.62. The molecule has 0 amide bonds. The highest BCUT2D eigenvalue weighted by Crippen LogP contribution is 2.39. The Hall–Kier alpha value is -0.650. The number of hydrogen-bond acceptors (Lipinski definition) is 5. The van der Waals surface area contributed by atoms with E-state index in [1.165, 1.54) is 0 Å². The van der Waals surface area contributed by atoms with E-state index in [-0.39, 0.29) is 12.1 Å². The van der Waals surface area contributed by atoms with Crippen LogP contribution in [0.1, 0.15) is 6.42 Å².